The van der Waals surface area contributed by atoms with Crippen LogP contribution in [-0.2, 0) is 91.1 Å². The van der Waals surface area contributed by atoms with Gasteiger partial charge in [0.15, 0.2) is 6.36 Å². The van der Waals surface area contributed by atoms with Crippen LogP contribution in [0.2, 0.25) is 24.2 Å². The highest BCUT2D eigenvalue weighted by Gasteiger charge is 2.53. The molecule has 0 aliphatic carbocycles. The van der Waals surface area contributed by atoms with Crippen LogP contribution in [0.25, 0.3) is 0 Å². The second-order valence-electron chi connectivity index (χ2n) is 22.4. The Labute approximate surface area is 548 Å². The Morgan fingerprint density at radius 3 is 0.884 bits per heavy atom. The van der Waals surface area contributed by atoms with Crippen LogP contribution in [0.4, 0.5) is 74.6 Å². The van der Waals surface area contributed by atoms with Crippen LogP contribution in [0, 0.1) is 11.8 Å². The molecule has 0 saturated carbocycles. The Morgan fingerprint density at radius 1 is 0.326 bits per heavy atom. The monoisotopic (exact) mass is 1500 g/mol. The molecule has 0 aromatic heterocycles. The molecule has 1 unspecified atom stereocenters. The fourth-order valence-corrected chi connectivity index (χ4v) is 16.9. The quantitative estimate of drug-likeness (QED) is 0.0316. The van der Waals surface area contributed by atoms with Gasteiger partial charge in [0.1, 0.15) is 64.0 Å². The number of ether oxygens (including phenoxy) is 6. The molecule has 95 heavy (non-hydrogen) atoms. The van der Waals surface area contributed by atoms with Gasteiger partial charge in [-0.1, -0.05) is 25.7 Å². The molecule has 0 amide bonds. The number of hydrogen-bond acceptors (Lipinski definition) is 20. The zero-order valence-electron chi connectivity index (χ0n) is 55.8. The first kappa shape index (κ1) is 93.3. The lowest BCUT2D eigenvalue weighted by molar-refractivity contribution is -0.398. The molecule has 0 saturated heterocycles. The summed E-state index contributed by atoms with van der Waals surface area (Å²) in [6, 6.07) is 1.54. The summed E-state index contributed by atoms with van der Waals surface area (Å²) < 4.78 is 333. The number of halogens is 17. The number of ketones is 2. The van der Waals surface area contributed by atoms with Gasteiger partial charge in [-0.25, -0.2) is 39.5 Å². The summed E-state index contributed by atoms with van der Waals surface area (Å²) >= 11 is 0. The van der Waals surface area contributed by atoms with E-state index in [0.717, 1.165) is 0 Å². The van der Waals surface area contributed by atoms with Crippen molar-refractivity contribution in [2.24, 2.45) is 11.8 Å². The maximum atomic E-state index is 14.7. The molecule has 20 nitrogen and oxygen atoms in total. The van der Waals surface area contributed by atoms with Gasteiger partial charge >= 0.3 is 59.7 Å². The van der Waals surface area contributed by atoms with E-state index in [4.69, 9.17) is 53.1 Å². The molecule has 0 radical (unpaired) electrons. The largest absolute Gasteiger partial charge is 0.500 e. The van der Waals surface area contributed by atoms with Crippen molar-refractivity contribution < 1.29 is 166 Å². The van der Waals surface area contributed by atoms with E-state index in [-0.39, 0.29) is 37.5 Å². The molecule has 1 atom stereocenters. The Bertz CT molecular complexity index is 2000. The predicted octanol–water partition coefficient (Wildman–Crippen LogP) is 13.2. The molecule has 568 valence electrons. The first-order valence-corrected chi connectivity index (χ1v) is 37.7. The van der Waals surface area contributed by atoms with E-state index in [2.05, 4.69) is 28.4 Å². The minimum atomic E-state index is -5.45. The molecular formula is C54H97F17O20Si4. The van der Waals surface area contributed by atoms with Gasteiger partial charge < -0.3 is 72.1 Å². The highest BCUT2D eigenvalue weighted by atomic mass is 28.4. The van der Waals surface area contributed by atoms with Crippen LogP contribution in [0.5, 0.6) is 0 Å². The van der Waals surface area contributed by atoms with Gasteiger partial charge in [0.05, 0.1) is 12.8 Å². The summed E-state index contributed by atoms with van der Waals surface area (Å²) in [5.41, 5.74) is 0. The molecule has 0 N–H and O–H groups in total. The van der Waals surface area contributed by atoms with Crippen molar-refractivity contribution in [2.45, 2.75) is 194 Å². The molecule has 0 rings (SSSR count). The first-order chi connectivity index (χ1) is 43.9. The lowest BCUT2D eigenvalue weighted by Gasteiger charge is -2.27. The van der Waals surface area contributed by atoms with E-state index in [1.165, 1.54) is 85.3 Å². The van der Waals surface area contributed by atoms with Crippen molar-refractivity contribution in [3.05, 3.63) is 0 Å². The summed E-state index contributed by atoms with van der Waals surface area (Å²) in [6.45, 7) is -13.6. The number of rotatable bonds is 63. The first-order valence-electron chi connectivity index (χ1n) is 30.0. The Morgan fingerprint density at radius 2 is 0.600 bits per heavy atom. The third kappa shape index (κ3) is 39.9. The summed E-state index contributed by atoms with van der Waals surface area (Å²) in [5.74, 6) is -20.2. The zero-order valence-corrected chi connectivity index (χ0v) is 59.8. The van der Waals surface area contributed by atoms with Crippen LogP contribution >= 0.6 is 0 Å². The maximum Gasteiger partial charge on any atom is 0.500 e. The Balaban J connectivity index is 5.09. The standard InChI is InChI=1S/C54H97F17O20Si4/c1-74-92(75-2,76-3)28-14-18-42(19-15-29-93(77-4,78-5)79-6)23-25-44(72)32-47(56,57)36-87-40-53(68,69)90-51(64,65)34-49(60,61)38-86-27-13-22-46(55)89-39-50(62,63)35-52(66,67)91-54(70,71)41-88-37-48(58,59)33-45(73)26-24-43(20-16-30-94(80-7,81-8)82-9)21-17-31-95(83-10,84-11)85-12/h42-43,46H,13-41H2,1-12H3. The molecule has 0 bridgehead atoms. The molecule has 0 aromatic carbocycles. The molecule has 0 heterocycles. The molecule has 0 aromatic rings. The number of alkyl halides is 17. The van der Waals surface area contributed by atoms with Gasteiger partial charge in [0, 0.05) is 135 Å². The minimum Gasteiger partial charge on any atom is -0.377 e. The van der Waals surface area contributed by atoms with E-state index in [1.54, 1.807) is 0 Å². The van der Waals surface area contributed by atoms with Gasteiger partial charge in [-0.15, -0.1) is 0 Å². The highest BCUT2D eigenvalue weighted by Crippen LogP contribution is 2.40. The fourth-order valence-electron chi connectivity index (χ4n) is 9.88. The van der Waals surface area contributed by atoms with E-state index in [1.807, 2.05) is 0 Å². The third-order valence-electron chi connectivity index (χ3n) is 14.9. The average molecular weight is 1500 g/mol. The summed E-state index contributed by atoms with van der Waals surface area (Å²) in [5, 5.41) is 0. The second kappa shape index (κ2) is 44.0. The fraction of sp³-hybridized carbons (Fsp3) is 0.963. The average Bonchev–Trinajstić information content (AvgIpc) is 0.860. The van der Waals surface area contributed by atoms with Crippen molar-refractivity contribution in [2.75, 3.05) is 132 Å². The van der Waals surface area contributed by atoms with E-state index < -0.39 is 186 Å². The van der Waals surface area contributed by atoms with Gasteiger partial charge in [0.2, 0.25) is 0 Å². The van der Waals surface area contributed by atoms with Gasteiger partial charge in [0.25, 0.3) is 23.7 Å². The lowest BCUT2D eigenvalue weighted by atomic mass is 9.91. The third-order valence-corrected chi connectivity index (χ3v) is 26.2. The maximum absolute atomic E-state index is 14.7. The molecule has 0 aliphatic rings. The van der Waals surface area contributed by atoms with Crippen molar-refractivity contribution >= 4 is 46.8 Å². The Kier molecular flexibility index (Phi) is 43.2. The normalized spacial score (nSPS) is 14.5. The summed E-state index contributed by atoms with van der Waals surface area (Å²) in [7, 11) is 5.09. The smallest absolute Gasteiger partial charge is 0.377 e. The number of hydrogen-bond donors (Lipinski definition) is 0. The topological polar surface area (TPSA) is 200 Å². The van der Waals surface area contributed by atoms with Gasteiger partial charge in [-0.2, -0.15) is 35.1 Å². The summed E-state index contributed by atoms with van der Waals surface area (Å²) in [6.07, 6.45) is -31.1. The van der Waals surface area contributed by atoms with Crippen LogP contribution in [0.1, 0.15) is 116 Å². The van der Waals surface area contributed by atoms with Gasteiger partial charge in [-0.3, -0.25) is 19.1 Å². The lowest BCUT2D eigenvalue weighted by Crippen LogP contribution is -2.42. The molecule has 41 heteroatoms. The van der Waals surface area contributed by atoms with Crippen molar-refractivity contribution in [3.8, 4) is 0 Å². The molecular weight excluding hydrogens is 1400 g/mol. The zero-order chi connectivity index (χ0) is 73.1. The molecule has 0 spiro atoms. The SMILES string of the molecule is CO[Si](CCCC(CCC[Si](OC)(OC)OC)CCC(=O)CC(F)(F)COCC(F)(F)OC(F)(F)CC(F)(F)COCCCC(F)OCC(F)(F)CC(F)(F)OC(F)(F)COCC(F)(F)CC(=O)CCC(CCC[Si](OC)(OC)OC)CCC[Si](OC)(OC)OC)(OC)OC. The predicted molar refractivity (Wildman–Crippen MR) is 312 cm³/mol. The number of carbonyl (C=O) groups is 2. The number of carbonyl (C=O) groups excluding carboxylic acids is 2. The Hall–Kier alpha value is -1.70. The van der Waals surface area contributed by atoms with Crippen LogP contribution < -0.4 is 0 Å². The highest BCUT2D eigenvalue weighted by molar-refractivity contribution is 6.61. The van der Waals surface area contributed by atoms with E-state index >= 15 is 0 Å². The van der Waals surface area contributed by atoms with E-state index in [0.29, 0.717) is 75.5 Å². The van der Waals surface area contributed by atoms with Gasteiger partial charge in [-0.05, 0) is 56.8 Å². The van der Waals surface area contributed by atoms with E-state index in [9.17, 15) is 84.2 Å². The molecule has 0 aliphatic heterocycles. The van der Waals surface area contributed by atoms with Crippen LogP contribution in [0.15, 0.2) is 0 Å². The van der Waals surface area contributed by atoms with Crippen LogP contribution in [-0.4, -0.2) is 233 Å². The number of Topliss-reactive ketones (excluding diaryl/α,β-unsaturated/α-hetero) is 2. The summed E-state index contributed by atoms with van der Waals surface area (Å²) in [4.78, 5) is 25.4. The second-order valence-corrected chi connectivity index (χ2v) is 34.8. The minimum absolute atomic E-state index is 0.111. The van der Waals surface area contributed by atoms with Crippen LogP contribution in [0.3, 0.4) is 0 Å². The van der Waals surface area contributed by atoms with Crippen molar-refractivity contribution in [1.82, 2.24) is 0 Å². The van der Waals surface area contributed by atoms with Crippen molar-refractivity contribution in [3.63, 3.8) is 0 Å². The van der Waals surface area contributed by atoms with Crippen molar-refractivity contribution in [1.29, 1.82) is 0 Å². The molecule has 0 fully saturated rings.